The first-order valence-corrected chi connectivity index (χ1v) is 8.54. The Kier molecular flexibility index (Phi) is 5.97. The number of nitrogens with one attached hydrogen (secondary N) is 1. The Hall–Kier alpha value is -1.40. The Bertz CT molecular complexity index is 529. The molecule has 122 valence electrons. The van der Waals surface area contributed by atoms with E-state index in [0.29, 0.717) is 19.7 Å². The summed E-state index contributed by atoms with van der Waals surface area (Å²) < 4.78 is 4.94. The molecule has 0 spiro atoms. The second-order valence-corrected chi connectivity index (χ2v) is 6.71. The molecule has 1 aromatic rings. The highest BCUT2D eigenvalue weighted by Gasteiger charge is 2.33. The summed E-state index contributed by atoms with van der Waals surface area (Å²) in [5, 5.41) is 4.81. The number of ether oxygens (including phenoxy) is 1. The van der Waals surface area contributed by atoms with E-state index in [-0.39, 0.29) is 23.8 Å². The number of hydrogen-bond donors (Lipinski definition) is 1. The average molecular weight is 324 g/mol. The number of methoxy groups -OCH3 is 1. The summed E-state index contributed by atoms with van der Waals surface area (Å²) in [6.45, 7) is 5.52. The predicted molar refractivity (Wildman–Crippen MR) is 87.2 cm³/mol. The molecule has 1 aliphatic heterocycles. The molecule has 2 heterocycles. The van der Waals surface area contributed by atoms with E-state index >= 15 is 0 Å². The van der Waals surface area contributed by atoms with Gasteiger partial charge in [-0.25, -0.2) is 0 Å². The molecular weight excluding hydrogens is 300 g/mol. The van der Waals surface area contributed by atoms with Crippen molar-refractivity contribution in [2.24, 2.45) is 5.92 Å². The zero-order chi connectivity index (χ0) is 16.1. The lowest BCUT2D eigenvalue weighted by molar-refractivity contribution is -0.126. The number of carbonyl (C=O) groups is 2. The summed E-state index contributed by atoms with van der Waals surface area (Å²) in [5.74, 6) is -0.0590. The number of rotatable bonds is 5. The first-order chi connectivity index (χ1) is 10.5. The van der Waals surface area contributed by atoms with Gasteiger partial charge >= 0.3 is 0 Å². The summed E-state index contributed by atoms with van der Waals surface area (Å²) >= 11 is 1.47. The van der Waals surface area contributed by atoms with Crippen LogP contribution >= 0.6 is 11.3 Å². The van der Waals surface area contributed by atoms with Crippen molar-refractivity contribution in [1.29, 1.82) is 0 Å². The Morgan fingerprint density at radius 1 is 1.45 bits per heavy atom. The van der Waals surface area contributed by atoms with Crippen molar-refractivity contribution in [1.82, 2.24) is 10.2 Å². The van der Waals surface area contributed by atoms with Crippen LogP contribution in [0.15, 0.2) is 11.4 Å². The maximum atomic E-state index is 12.7. The van der Waals surface area contributed by atoms with Crippen LogP contribution in [0.4, 0.5) is 0 Å². The number of likely N-dealkylation sites (tertiary alicyclic amines) is 1. The van der Waals surface area contributed by atoms with E-state index in [4.69, 9.17) is 4.74 Å². The highest BCUT2D eigenvalue weighted by Crippen LogP contribution is 2.26. The standard InChI is InChI=1S/C16H24N2O3S/c1-11-6-9-22-14(11)16(20)18-10-13(5-4-12(18)2)15(19)17-7-8-21-3/h6,9,12-13H,4-5,7-8,10H2,1-3H3,(H,17,19)/t12-,13-/m1/s1. The molecule has 2 amide bonds. The number of nitrogens with zero attached hydrogens (tertiary/aromatic N) is 1. The molecule has 1 fully saturated rings. The van der Waals surface area contributed by atoms with Crippen molar-refractivity contribution in [3.63, 3.8) is 0 Å². The van der Waals surface area contributed by atoms with Gasteiger partial charge in [0.2, 0.25) is 5.91 Å². The van der Waals surface area contributed by atoms with Crippen LogP contribution in [-0.4, -0.2) is 49.6 Å². The van der Waals surface area contributed by atoms with Gasteiger partial charge in [0.1, 0.15) is 0 Å². The van der Waals surface area contributed by atoms with Gasteiger partial charge in [-0.1, -0.05) is 0 Å². The predicted octanol–water partition coefficient (Wildman–Crippen LogP) is 2.06. The van der Waals surface area contributed by atoms with Gasteiger partial charge in [0.05, 0.1) is 17.4 Å². The van der Waals surface area contributed by atoms with Crippen LogP contribution in [0.2, 0.25) is 0 Å². The lowest BCUT2D eigenvalue weighted by Gasteiger charge is -2.37. The maximum Gasteiger partial charge on any atom is 0.264 e. The first-order valence-electron chi connectivity index (χ1n) is 7.66. The quantitative estimate of drug-likeness (QED) is 0.844. The van der Waals surface area contributed by atoms with Crippen LogP contribution < -0.4 is 5.32 Å². The molecule has 0 aromatic carbocycles. The summed E-state index contributed by atoms with van der Waals surface area (Å²) in [6.07, 6.45) is 1.69. The normalized spacial score (nSPS) is 21.7. The molecule has 0 bridgehead atoms. The average Bonchev–Trinajstić information content (AvgIpc) is 2.93. The molecule has 6 heteroatoms. The maximum absolute atomic E-state index is 12.7. The molecule has 22 heavy (non-hydrogen) atoms. The van der Waals surface area contributed by atoms with Gasteiger partial charge in [-0.3, -0.25) is 9.59 Å². The topological polar surface area (TPSA) is 58.6 Å². The Balaban J connectivity index is 2.00. The number of carbonyl (C=O) groups excluding carboxylic acids is 2. The molecule has 1 N–H and O–H groups in total. The molecular formula is C16H24N2O3S. The van der Waals surface area contributed by atoms with Crippen LogP contribution in [0.3, 0.4) is 0 Å². The van der Waals surface area contributed by atoms with Gasteiger partial charge in [-0.2, -0.15) is 0 Å². The zero-order valence-electron chi connectivity index (χ0n) is 13.4. The second-order valence-electron chi connectivity index (χ2n) is 5.80. The van der Waals surface area contributed by atoms with Gasteiger partial charge < -0.3 is 15.0 Å². The molecule has 0 unspecified atom stereocenters. The highest BCUT2D eigenvalue weighted by molar-refractivity contribution is 7.12. The van der Waals surface area contributed by atoms with Crippen molar-refractivity contribution >= 4 is 23.2 Å². The van der Waals surface area contributed by atoms with E-state index < -0.39 is 0 Å². The summed E-state index contributed by atoms with van der Waals surface area (Å²) in [5.41, 5.74) is 1.01. The molecule has 1 aromatic heterocycles. The third-order valence-corrected chi connectivity index (χ3v) is 5.18. The summed E-state index contributed by atoms with van der Waals surface area (Å²) in [4.78, 5) is 27.5. The Morgan fingerprint density at radius 3 is 2.86 bits per heavy atom. The largest absolute Gasteiger partial charge is 0.383 e. The fourth-order valence-electron chi connectivity index (χ4n) is 2.75. The van der Waals surface area contributed by atoms with Gasteiger partial charge in [0.15, 0.2) is 0 Å². The number of piperidine rings is 1. The highest BCUT2D eigenvalue weighted by atomic mass is 32.1. The summed E-state index contributed by atoms with van der Waals surface area (Å²) in [7, 11) is 1.61. The zero-order valence-corrected chi connectivity index (χ0v) is 14.2. The molecule has 1 saturated heterocycles. The minimum absolute atomic E-state index is 0.0182. The van der Waals surface area contributed by atoms with Crippen molar-refractivity contribution in [2.75, 3.05) is 26.8 Å². The molecule has 5 nitrogen and oxygen atoms in total. The lowest BCUT2D eigenvalue weighted by Crippen LogP contribution is -2.49. The van der Waals surface area contributed by atoms with Crippen molar-refractivity contribution in [3.05, 3.63) is 21.9 Å². The lowest BCUT2D eigenvalue weighted by atomic mass is 9.92. The third-order valence-electron chi connectivity index (χ3n) is 4.18. The number of aryl methyl sites for hydroxylation is 1. The van der Waals surface area contributed by atoms with E-state index in [1.165, 1.54) is 11.3 Å². The fourth-order valence-corrected chi connectivity index (χ4v) is 3.63. The van der Waals surface area contributed by atoms with Gasteiger partial charge in [0.25, 0.3) is 5.91 Å². The van der Waals surface area contributed by atoms with Crippen LogP contribution in [0.25, 0.3) is 0 Å². The van der Waals surface area contributed by atoms with Gasteiger partial charge in [-0.05, 0) is 43.7 Å². The number of amides is 2. The minimum atomic E-state index is -0.128. The van der Waals surface area contributed by atoms with Crippen LogP contribution in [0, 0.1) is 12.8 Å². The third kappa shape index (κ3) is 3.87. The SMILES string of the molecule is COCCNC(=O)[C@@H]1CC[C@@H](C)N(C(=O)c2sccc2C)C1. The number of thiophene rings is 1. The number of hydrogen-bond acceptors (Lipinski definition) is 4. The summed E-state index contributed by atoms with van der Waals surface area (Å²) in [6, 6.07) is 2.14. The molecule has 0 aliphatic carbocycles. The fraction of sp³-hybridized carbons (Fsp3) is 0.625. The van der Waals surface area contributed by atoms with Gasteiger partial charge in [-0.15, -0.1) is 11.3 Å². The molecule has 2 rings (SSSR count). The van der Waals surface area contributed by atoms with Crippen molar-refractivity contribution < 1.29 is 14.3 Å². The van der Waals surface area contributed by atoms with E-state index in [0.717, 1.165) is 23.3 Å². The van der Waals surface area contributed by atoms with E-state index in [1.54, 1.807) is 7.11 Å². The van der Waals surface area contributed by atoms with Crippen LogP contribution in [0.1, 0.15) is 35.0 Å². The van der Waals surface area contributed by atoms with Crippen molar-refractivity contribution in [3.8, 4) is 0 Å². The van der Waals surface area contributed by atoms with Crippen LogP contribution in [-0.2, 0) is 9.53 Å². The molecule has 1 aliphatic rings. The first kappa shape index (κ1) is 17.0. The Morgan fingerprint density at radius 2 is 2.23 bits per heavy atom. The monoisotopic (exact) mass is 324 g/mol. The minimum Gasteiger partial charge on any atom is -0.383 e. The Labute approximate surface area is 135 Å². The van der Waals surface area contributed by atoms with E-state index in [2.05, 4.69) is 12.2 Å². The molecule has 0 saturated carbocycles. The van der Waals surface area contributed by atoms with E-state index in [1.807, 2.05) is 23.3 Å². The molecule has 2 atom stereocenters. The molecule has 0 radical (unpaired) electrons. The second kappa shape index (κ2) is 7.74. The van der Waals surface area contributed by atoms with Crippen LogP contribution in [0.5, 0.6) is 0 Å². The smallest absolute Gasteiger partial charge is 0.264 e. The van der Waals surface area contributed by atoms with Gasteiger partial charge in [0, 0.05) is 26.2 Å². The van der Waals surface area contributed by atoms with E-state index in [9.17, 15) is 9.59 Å². The van der Waals surface area contributed by atoms with Crippen molar-refractivity contribution in [2.45, 2.75) is 32.7 Å².